The first-order valence-corrected chi connectivity index (χ1v) is 7.63. The lowest BCUT2D eigenvalue weighted by molar-refractivity contribution is -0.157. The number of nitrogens with zero attached hydrogens (tertiary/aromatic N) is 1. The second kappa shape index (κ2) is 5.07. The van der Waals surface area contributed by atoms with Crippen LogP contribution >= 0.6 is 0 Å². The third kappa shape index (κ3) is 2.29. The van der Waals surface area contributed by atoms with Gasteiger partial charge < -0.3 is 19.3 Å². The normalized spacial score (nSPS) is 33.6. The molecular formula is C15H16N2O6. The standard InChI is InChI=1S/C15H16N2O6/c1-6-2-10(17-23-6)16-11(18)5-21-14(19)12-7-3-8-9(4-7)22-15(20)13(8)12/h2,7-9,12-13H,3-5H2,1H3,(H,16,17,18)/t7-,8-,9-,12+,13+/m1/s1. The van der Waals surface area contributed by atoms with Gasteiger partial charge in [-0.25, -0.2) is 0 Å². The topological polar surface area (TPSA) is 108 Å². The van der Waals surface area contributed by atoms with Gasteiger partial charge in [-0.05, 0) is 25.7 Å². The minimum Gasteiger partial charge on any atom is -0.462 e. The monoisotopic (exact) mass is 320 g/mol. The van der Waals surface area contributed by atoms with Crippen molar-refractivity contribution in [2.75, 3.05) is 11.9 Å². The van der Waals surface area contributed by atoms with E-state index in [0.29, 0.717) is 5.76 Å². The average Bonchev–Trinajstić information content (AvgIpc) is 3.20. The fourth-order valence-corrected chi connectivity index (χ4v) is 4.16. The van der Waals surface area contributed by atoms with Gasteiger partial charge >= 0.3 is 11.9 Å². The third-order valence-electron chi connectivity index (χ3n) is 5.00. The van der Waals surface area contributed by atoms with Crippen LogP contribution in [0.4, 0.5) is 5.82 Å². The molecule has 2 bridgehead atoms. The van der Waals surface area contributed by atoms with E-state index in [1.54, 1.807) is 13.0 Å². The minimum absolute atomic E-state index is 0.0275. The molecule has 0 spiro atoms. The van der Waals surface area contributed by atoms with Gasteiger partial charge in [0.05, 0.1) is 11.8 Å². The molecule has 1 aromatic rings. The summed E-state index contributed by atoms with van der Waals surface area (Å²) in [5, 5.41) is 6.10. The van der Waals surface area contributed by atoms with E-state index in [0.717, 1.165) is 12.8 Å². The molecule has 23 heavy (non-hydrogen) atoms. The first-order valence-electron chi connectivity index (χ1n) is 7.63. The molecule has 3 fully saturated rings. The zero-order valence-corrected chi connectivity index (χ0v) is 12.5. The number of anilines is 1. The van der Waals surface area contributed by atoms with Crippen molar-refractivity contribution in [3.8, 4) is 0 Å². The number of carbonyl (C=O) groups excluding carboxylic acids is 3. The van der Waals surface area contributed by atoms with E-state index in [9.17, 15) is 14.4 Å². The Balaban J connectivity index is 1.34. The molecule has 5 atom stereocenters. The van der Waals surface area contributed by atoms with E-state index in [-0.39, 0.29) is 29.7 Å². The van der Waals surface area contributed by atoms with Crippen LogP contribution in [0.15, 0.2) is 10.6 Å². The SMILES string of the molecule is Cc1cc(NC(=O)COC(=O)[C@H]2[C@@H]3C[C@H]4[C@@H]2C(=O)O[C@@H]4C3)no1. The second-order valence-electron chi connectivity index (χ2n) is 6.40. The lowest BCUT2D eigenvalue weighted by Gasteiger charge is -2.22. The zero-order chi connectivity index (χ0) is 16.1. The van der Waals surface area contributed by atoms with Crippen molar-refractivity contribution in [3.05, 3.63) is 11.8 Å². The Morgan fingerprint density at radius 3 is 3.00 bits per heavy atom. The van der Waals surface area contributed by atoms with E-state index < -0.39 is 30.3 Å². The summed E-state index contributed by atoms with van der Waals surface area (Å²) in [6.45, 7) is 1.29. The summed E-state index contributed by atoms with van der Waals surface area (Å²) in [4.78, 5) is 35.9. The van der Waals surface area contributed by atoms with Crippen molar-refractivity contribution in [2.24, 2.45) is 23.7 Å². The van der Waals surface area contributed by atoms with Gasteiger partial charge in [-0.2, -0.15) is 0 Å². The van der Waals surface area contributed by atoms with Crippen LogP contribution in [-0.2, 0) is 23.9 Å². The van der Waals surface area contributed by atoms with Crippen LogP contribution in [-0.4, -0.2) is 35.7 Å². The quantitative estimate of drug-likeness (QED) is 0.812. The maximum Gasteiger partial charge on any atom is 0.310 e. The van der Waals surface area contributed by atoms with Crippen LogP contribution in [0.25, 0.3) is 0 Å². The third-order valence-corrected chi connectivity index (χ3v) is 5.00. The van der Waals surface area contributed by atoms with Gasteiger partial charge in [0.15, 0.2) is 12.4 Å². The number of hydrogen-bond donors (Lipinski definition) is 1. The number of aromatic nitrogens is 1. The molecule has 0 radical (unpaired) electrons. The summed E-state index contributed by atoms with van der Waals surface area (Å²) in [6, 6.07) is 1.56. The highest BCUT2D eigenvalue weighted by Gasteiger charge is 2.64. The Kier molecular flexibility index (Phi) is 3.14. The van der Waals surface area contributed by atoms with E-state index in [1.165, 1.54) is 0 Å². The first-order chi connectivity index (χ1) is 11.0. The molecule has 1 saturated heterocycles. The van der Waals surface area contributed by atoms with Gasteiger partial charge in [0.25, 0.3) is 5.91 Å². The molecule has 122 valence electrons. The molecule has 8 nitrogen and oxygen atoms in total. The van der Waals surface area contributed by atoms with Crippen molar-refractivity contribution in [1.82, 2.24) is 5.16 Å². The molecule has 1 N–H and O–H groups in total. The Hall–Kier alpha value is -2.38. The van der Waals surface area contributed by atoms with Gasteiger partial charge in [0.1, 0.15) is 11.9 Å². The summed E-state index contributed by atoms with van der Waals surface area (Å²) in [5.41, 5.74) is 0. The van der Waals surface area contributed by atoms with Crippen LogP contribution in [0.5, 0.6) is 0 Å². The fourth-order valence-electron chi connectivity index (χ4n) is 4.16. The molecule has 4 rings (SSSR count). The molecule has 0 unspecified atom stereocenters. The summed E-state index contributed by atoms with van der Waals surface area (Å²) in [5.74, 6) is -1.08. The van der Waals surface area contributed by atoms with E-state index in [1.807, 2.05) is 0 Å². The number of carbonyl (C=O) groups is 3. The predicted octanol–water partition coefficient (Wildman–Crippen LogP) is 0.662. The van der Waals surface area contributed by atoms with E-state index >= 15 is 0 Å². The molecule has 1 aliphatic heterocycles. The Morgan fingerprint density at radius 1 is 1.43 bits per heavy atom. The summed E-state index contributed by atoms with van der Waals surface area (Å²) in [7, 11) is 0. The maximum absolute atomic E-state index is 12.3. The minimum atomic E-state index is -0.498. The zero-order valence-electron chi connectivity index (χ0n) is 12.5. The Bertz CT molecular complexity index is 681. The van der Waals surface area contributed by atoms with Crippen LogP contribution in [0.3, 0.4) is 0 Å². The number of ether oxygens (including phenoxy) is 2. The Labute approximate surface area is 131 Å². The van der Waals surface area contributed by atoms with Gasteiger partial charge in [-0.3, -0.25) is 14.4 Å². The molecule has 8 heteroatoms. The second-order valence-corrected chi connectivity index (χ2v) is 6.40. The predicted molar refractivity (Wildman–Crippen MR) is 73.9 cm³/mol. The van der Waals surface area contributed by atoms with E-state index in [4.69, 9.17) is 14.0 Å². The smallest absolute Gasteiger partial charge is 0.310 e. The highest BCUT2D eigenvalue weighted by atomic mass is 16.6. The van der Waals surface area contributed by atoms with Gasteiger partial charge in [0, 0.05) is 12.0 Å². The summed E-state index contributed by atoms with van der Waals surface area (Å²) >= 11 is 0. The molecule has 2 heterocycles. The van der Waals surface area contributed by atoms with Crippen molar-refractivity contribution in [2.45, 2.75) is 25.9 Å². The van der Waals surface area contributed by atoms with Crippen molar-refractivity contribution < 1.29 is 28.4 Å². The van der Waals surface area contributed by atoms with Crippen LogP contribution in [0, 0.1) is 30.6 Å². The van der Waals surface area contributed by atoms with Crippen LogP contribution in [0.1, 0.15) is 18.6 Å². The van der Waals surface area contributed by atoms with Crippen molar-refractivity contribution in [1.29, 1.82) is 0 Å². The molecular weight excluding hydrogens is 304 g/mol. The molecule has 3 aliphatic rings. The fraction of sp³-hybridized carbons (Fsp3) is 0.600. The first kappa shape index (κ1) is 14.2. The number of fused-ring (bicyclic) bond motifs is 1. The largest absolute Gasteiger partial charge is 0.462 e. The highest BCUT2D eigenvalue weighted by molar-refractivity contribution is 5.92. The number of amides is 1. The lowest BCUT2D eigenvalue weighted by Crippen LogP contribution is -2.35. The average molecular weight is 320 g/mol. The van der Waals surface area contributed by atoms with Crippen molar-refractivity contribution >= 4 is 23.7 Å². The highest BCUT2D eigenvalue weighted by Crippen LogP contribution is 2.57. The molecule has 0 aromatic carbocycles. The number of esters is 2. The molecule has 2 aliphatic carbocycles. The molecule has 1 aromatic heterocycles. The van der Waals surface area contributed by atoms with Gasteiger partial charge in [-0.15, -0.1) is 0 Å². The molecule has 1 amide bonds. The number of nitrogens with one attached hydrogen (secondary N) is 1. The summed E-state index contributed by atoms with van der Waals surface area (Å²) in [6.07, 6.45) is 1.52. The number of rotatable bonds is 4. The van der Waals surface area contributed by atoms with Crippen LogP contribution < -0.4 is 5.32 Å². The molecule has 2 saturated carbocycles. The van der Waals surface area contributed by atoms with E-state index in [2.05, 4.69) is 10.5 Å². The van der Waals surface area contributed by atoms with Crippen LogP contribution in [0.2, 0.25) is 0 Å². The maximum atomic E-state index is 12.3. The van der Waals surface area contributed by atoms with Gasteiger partial charge in [-0.1, -0.05) is 5.16 Å². The lowest BCUT2D eigenvalue weighted by atomic mass is 9.80. The van der Waals surface area contributed by atoms with Crippen molar-refractivity contribution in [3.63, 3.8) is 0 Å². The Morgan fingerprint density at radius 2 is 2.26 bits per heavy atom. The number of hydrogen-bond acceptors (Lipinski definition) is 7. The summed E-state index contributed by atoms with van der Waals surface area (Å²) < 4.78 is 15.2. The number of aryl methyl sites for hydroxylation is 1. The van der Waals surface area contributed by atoms with Gasteiger partial charge in [0.2, 0.25) is 0 Å².